The number of benzene rings is 4. The number of rotatable bonds is 4. The van der Waals surface area contributed by atoms with Gasteiger partial charge in [-0.25, -0.2) is 0 Å². The molecule has 0 radical (unpaired) electrons. The van der Waals surface area contributed by atoms with Gasteiger partial charge in [-0.3, -0.25) is 0 Å². The molecule has 1 heterocycles. The molecule has 1 N–H and O–H groups in total. The summed E-state index contributed by atoms with van der Waals surface area (Å²) in [5.41, 5.74) is 11.6. The summed E-state index contributed by atoms with van der Waals surface area (Å²) in [5.74, 6) is 0.210. The second kappa shape index (κ2) is 10.4. The molecule has 0 spiro atoms. The van der Waals surface area contributed by atoms with Crippen molar-refractivity contribution in [2.75, 3.05) is 10.0 Å². The molecule has 2 nitrogen and oxygen atoms in total. The Hall–Kier alpha value is -3.50. The zero-order valence-corrected chi connectivity index (χ0v) is 26.5. The van der Waals surface area contributed by atoms with Crippen LogP contribution in [0.15, 0.2) is 114 Å². The Labute approximate surface area is 254 Å². The third kappa shape index (κ3) is 5.31. The molecule has 4 aromatic carbocycles. The monoisotopic (exact) mass is 600 g/mol. The third-order valence-electron chi connectivity index (χ3n) is 8.35. The van der Waals surface area contributed by atoms with Crippen molar-refractivity contribution in [1.29, 1.82) is 0 Å². The molecular weight excluding hydrogens is 563 g/mol. The van der Waals surface area contributed by atoms with Gasteiger partial charge < -0.3 is 10.0 Å². The van der Waals surface area contributed by atoms with Crippen LogP contribution in [0, 0.1) is 0 Å². The number of nitrogens with zero attached hydrogens (tertiary/aromatic N) is 1. The van der Waals surface area contributed by atoms with E-state index in [0.717, 1.165) is 10.2 Å². The topological polar surface area (TPSA) is 15.3 Å². The predicted molar refractivity (Wildman–Crippen MR) is 182 cm³/mol. The predicted octanol–water partition coefficient (Wildman–Crippen LogP) is 9.84. The molecule has 0 fully saturated rings. The molecule has 1 atom stereocenters. The average Bonchev–Trinajstić information content (AvgIpc) is 3.38. The molecule has 4 heteroatoms. The highest BCUT2D eigenvalue weighted by atomic mass is 79.9. The van der Waals surface area contributed by atoms with Crippen LogP contribution in [0.25, 0.3) is 11.1 Å². The van der Waals surface area contributed by atoms with E-state index >= 15 is 0 Å². The molecule has 6 rings (SSSR count). The van der Waals surface area contributed by atoms with Crippen molar-refractivity contribution in [2.24, 2.45) is 0 Å². The highest BCUT2D eigenvalue weighted by molar-refractivity contribution is 9.11. The summed E-state index contributed by atoms with van der Waals surface area (Å²) in [4.78, 5) is 2.49. The van der Waals surface area contributed by atoms with E-state index in [4.69, 9.17) is 0 Å². The summed E-state index contributed by atoms with van der Waals surface area (Å²) in [5, 5.41) is 3.99. The maximum absolute atomic E-state index is 3.99. The average molecular weight is 601 g/mol. The highest BCUT2D eigenvalue weighted by Gasteiger charge is 2.39. The first-order chi connectivity index (χ1) is 19.5. The Kier molecular flexibility index (Phi) is 7.02. The van der Waals surface area contributed by atoms with E-state index in [0.29, 0.717) is 0 Å². The zero-order chi connectivity index (χ0) is 28.9. The van der Waals surface area contributed by atoms with Crippen LogP contribution in [0.3, 0.4) is 0 Å². The van der Waals surface area contributed by atoms with E-state index in [-0.39, 0.29) is 23.7 Å². The highest BCUT2D eigenvalue weighted by Crippen LogP contribution is 2.42. The standard InChI is InChI=1S/C37H38BBrN2/c1-36(2,3)26-15-20-29(21-16-26)40-38-35-31(25-14-19-28(39)24-25)11-9-12-33(35)32-10-7-8-13-34(32)41(38)30-22-17-27(18-23-30)37(4,5)6/h7-25,40H,1-6H3. The first-order valence-corrected chi connectivity index (χ1v) is 15.3. The van der Waals surface area contributed by atoms with Crippen molar-refractivity contribution in [2.45, 2.75) is 58.3 Å². The van der Waals surface area contributed by atoms with Crippen molar-refractivity contribution in [3.05, 3.63) is 130 Å². The third-order valence-corrected chi connectivity index (χ3v) is 8.88. The fraction of sp³-hybridized carbons (Fsp3) is 0.243. The van der Waals surface area contributed by atoms with Gasteiger partial charge in [0.15, 0.2) is 0 Å². The largest absolute Gasteiger partial charge is 0.414 e. The number of nitrogens with one attached hydrogen (secondary N) is 1. The molecule has 4 aromatic rings. The van der Waals surface area contributed by atoms with Crippen molar-refractivity contribution < 1.29 is 0 Å². The number of anilines is 3. The lowest BCUT2D eigenvalue weighted by Crippen LogP contribution is -2.56. The molecular formula is C37H38BBrN2. The molecule has 0 bridgehead atoms. The Morgan fingerprint density at radius 1 is 0.707 bits per heavy atom. The van der Waals surface area contributed by atoms with E-state index in [1.807, 2.05) is 0 Å². The van der Waals surface area contributed by atoms with Gasteiger partial charge in [-0.2, -0.15) is 0 Å². The molecule has 0 amide bonds. The van der Waals surface area contributed by atoms with Crippen LogP contribution in [-0.4, -0.2) is 6.98 Å². The molecule has 0 saturated carbocycles. The van der Waals surface area contributed by atoms with Gasteiger partial charge in [0.1, 0.15) is 0 Å². The normalized spacial score (nSPS) is 16.4. The van der Waals surface area contributed by atoms with Gasteiger partial charge >= 0.3 is 6.98 Å². The fourth-order valence-corrected chi connectivity index (χ4v) is 6.47. The Morgan fingerprint density at radius 2 is 1.32 bits per heavy atom. The number of halogens is 1. The Morgan fingerprint density at radius 3 is 1.93 bits per heavy atom. The van der Waals surface area contributed by atoms with E-state index < -0.39 is 0 Å². The van der Waals surface area contributed by atoms with Gasteiger partial charge in [0.05, 0.1) is 0 Å². The lowest BCUT2D eigenvalue weighted by atomic mass is 9.57. The van der Waals surface area contributed by atoms with Crippen molar-refractivity contribution in [3.63, 3.8) is 0 Å². The summed E-state index contributed by atoms with van der Waals surface area (Å²) in [6, 6.07) is 33.7. The lowest BCUT2D eigenvalue weighted by Gasteiger charge is -2.40. The van der Waals surface area contributed by atoms with Crippen LogP contribution >= 0.6 is 15.9 Å². The number of hydrogen-bond acceptors (Lipinski definition) is 2. The maximum atomic E-state index is 3.99. The summed E-state index contributed by atoms with van der Waals surface area (Å²) >= 11 is 3.71. The molecule has 41 heavy (non-hydrogen) atoms. The zero-order valence-electron chi connectivity index (χ0n) is 24.9. The van der Waals surface area contributed by atoms with E-state index in [9.17, 15) is 0 Å². The second-order valence-corrected chi connectivity index (χ2v) is 14.2. The molecule has 1 aliphatic carbocycles. The molecule has 206 valence electrons. The van der Waals surface area contributed by atoms with Gasteiger partial charge in [-0.15, -0.1) is 0 Å². The van der Waals surface area contributed by atoms with Crippen molar-refractivity contribution in [1.82, 2.24) is 0 Å². The van der Waals surface area contributed by atoms with Gasteiger partial charge in [0.2, 0.25) is 0 Å². The number of allylic oxidation sites excluding steroid dienone is 4. The minimum Gasteiger partial charge on any atom is -0.405 e. The number of hydrogen-bond donors (Lipinski definition) is 1. The molecule has 0 aromatic heterocycles. The van der Waals surface area contributed by atoms with Crippen LogP contribution in [0.1, 0.15) is 64.2 Å². The Balaban J connectivity index is 1.55. The van der Waals surface area contributed by atoms with Crippen LogP contribution < -0.4 is 15.5 Å². The number of fused-ring (bicyclic) bond motifs is 3. The van der Waals surface area contributed by atoms with Gasteiger partial charge in [0.25, 0.3) is 0 Å². The van der Waals surface area contributed by atoms with Crippen molar-refractivity contribution >= 4 is 45.4 Å². The summed E-state index contributed by atoms with van der Waals surface area (Å²) < 4.78 is 1.13. The number of para-hydroxylation sites is 1. The van der Waals surface area contributed by atoms with Gasteiger partial charge in [0, 0.05) is 33.0 Å². The smallest absolute Gasteiger partial charge is 0.405 e. The SMILES string of the molecule is CC(C)(C)c1ccc(NB2c3c(cccc3C3C=CC(Br)=C3)-c3ccccc3N2c2ccc(C(C)(C)C)cc2)cc1. The Bertz CT molecular complexity index is 1640. The minimum absolute atomic E-state index is 0.0963. The van der Waals surface area contributed by atoms with Gasteiger partial charge in [-0.1, -0.05) is 136 Å². The summed E-state index contributed by atoms with van der Waals surface area (Å²) in [6.07, 6.45) is 6.75. The molecule has 1 aliphatic heterocycles. The quantitative estimate of drug-likeness (QED) is 0.234. The van der Waals surface area contributed by atoms with E-state index in [1.165, 1.54) is 44.7 Å². The van der Waals surface area contributed by atoms with Gasteiger partial charge in [-0.05, 0) is 68.9 Å². The van der Waals surface area contributed by atoms with E-state index in [2.05, 4.69) is 177 Å². The second-order valence-electron chi connectivity index (χ2n) is 13.3. The molecule has 1 unspecified atom stereocenters. The molecule has 0 saturated heterocycles. The molecule has 2 aliphatic rings. The van der Waals surface area contributed by atoms with Crippen LogP contribution in [0.2, 0.25) is 0 Å². The summed E-state index contributed by atoms with van der Waals surface area (Å²) in [6.45, 7) is 13.5. The minimum atomic E-state index is -0.0988. The van der Waals surface area contributed by atoms with E-state index in [1.54, 1.807) is 0 Å². The first-order valence-electron chi connectivity index (χ1n) is 14.6. The maximum Gasteiger partial charge on any atom is 0.414 e. The summed E-state index contributed by atoms with van der Waals surface area (Å²) in [7, 11) is 0. The van der Waals surface area contributed by atoms with Crippen LogP contribution in [0.4, 0.5) is 17.1 Å². The van der Waals surface area contributed by atoms with Crippen LogP contribution in [0.5, 0.6) is 0 Å². The first kappa shape index (κ1) is 27.7. The lowest BCUT2D eigenvalue weighted by molar-refractivity contribution is 0.590. The fourth-order valence-electron chi connectivity index (χ4n) is 6.04. The van der Waals surface area contributed by atoms with Crippen molar-refractivity contribution in [3.8, 4) is 11.1 Å². The van der Waals surface area contributed by atoms with Crippen LogP contribution in [-0.2, 0) is 10.8 Å².